The van der Waals surface area contributed by atoms with Crippen LogP contribution in [-0.2, 0) is 9.53 Å². The van der Waals surface area contributed by atoms with E-state index in [9.17, 15) is 20.0 Å². The quantitative estimate of drug-likeness (QED) is 0.748. The maximum atomic E-state index is 13.1. The van der Waals surface area contributed by atoms with Gasteiger partial charge in [-0.2, -0.15) is 5.26 Å². The van der Waals surface area contributed by atoms with Gasteiger partial charge in [0.15, 0.2) is 0 Å². The smallest absolute Gasteiger partial charge is 0.410 e. The molecule has 2 amide bonds. The number of rotatable bonds is 2. The zero-order valence-corrected chi connectivity index (χ0v) is 18.8. The van der Waals surface area contributed by atoms with Crippen molar-refractivity contribution in [2.75, 3.05) is 13.1 Å². The fourth-order valence-electron chi connectivity index (χ4n) is 3.98. The van der Waals surface area contributed by atoms with Crippen molar-refractivity contribution >= 4 is 12.0 Å². The summed E-state index contributed by atoms with van der Waals surface area (Å²) in [4.78, 5) is 27.1. The number of carbonyl (C=O) groups excluding carboxylic acids is 2. The van der Waals surface area contributed by atoms with Gasteiger partial charge in [-0.1, -0.05) is 0 Å². The van der Waals surface area contributed by atoms with Gasteiger partial charge in [-0.25, -0.2) is 4.79 Å². The second kappa shape index (κ2) is 8.39. The molecule has 8 nitrogen and oxygen atoms in total. The molecule has 1 aromatic rings. The molecule has 3 atom stereocenters. The minimum absolute atomic E-state index is 0.247. The largest absolute Gasteiger partial charge is 0.485 e. The molecule has 1 saturated heterocycles. The van der Waals surface area contributed by atoms with Gasteiger partial charge in [-0.15, -0.1) is 0 Å². The molecule has 1 unspecified atom stereocenters. The Kier molecular flexibility index (Phi) is 6.19. The third-order valence-electron chi connectivity index (χ3n) is 5.62. The molecule has 8 heteroatoms. The number of aliphatic hydroxyl groups excluding tert-OH is 1. The van der Waals surface area contributed by atoms with E-state index in [1.807, 2.05) is 0 Å². The first-order valence-electron chi connectivity index (χ1n) is 10.6. The highest BCUT2D eigenvalue weighted by Gasteiger charge is 2.44. The van der Waals surface area contributed by atoms with Crippen LogP contribution in [0.15, 0.2) is 18.2 Å². The zero-order chi connectivity index (χ0) is 23.0. The summed E-state index contributed by atoms with van der Waals surface area (Å²) in [6.45, 7) is 9.72. The highest BCUT2D eigenvalue weighted by molar-refractivity contribution is 5.80. The average Bonchev–Trinajstić information content (AvgIpc) is 2.69. The van der Waals surface area contributed by atoms with Crippen LogP contribution in [0, 0.1) is 17.2 Å². The minimum atomic E-state index is -1.01. The molecule has 0 bridgehead atoms. The zero-order valence-electron chi connectivity index (χ0n) is 18.8. The van der Waals surface area contributed by atoms with Crippen LogP contribution in [0.3, 0.4) is 0 Å². The Morgan fingerprint density at radius 2 is 2.06 bits per heavy atom. The van der Waals surface area contributed by atoms with Crippen molar-refractivity contribution in [3.8, 4) is 11.8 Å². The SMILES string of the molecule is CC(C)(C)OC(=O)N1CCCC(C(=O)N[C@@H]2c3cc(C#N)ccc3OC(C)(C)[C@H]2O)C1. The minimum Gasteiger partial charge on any atom is -0.485 e. The predicted molar refractivity (Wildman–Crippen MR) is 113 cm³/mol. The first kappa shape index (κ1) is 22.9. The number of hydrogen-bond donors (Lipinski definition) is 2. The normalized spacial score (nSPS) is 24.9. The fraction of sp³-hybridized carbons (Fsp3) is 0.609. The van der Waals surface area contributed by atoms with Gasteiger partial charge in [-0.3, -0.25) is 4.79 Å². The molecule has 1 aromatic carbocycles. The summed E-state index contributed by atoms with van der Waals surface area (Å²) in [5, 5.41) is 23.1. The molecule has 0 aliphatic carbocycles. The summed E-state index contributed by atoms with van der Waals surface area (Å²) >= 11 is 0. The number of carbonyl (C=O) groups is 2. The maximum absolute atomic E-state index is 13.1. The first-order chi connectivity index (χ1) is 14.4. The Hall–Kier alpha value is -2.79. The van der Waals surface area contributed by atoms with Gasteiger partial charge in [0, 0.05) is 18.7 Å². The molecule has 2 aliphatic heterocycles. The third-order valence-corrected chi connectivity index (χ3v) is 5.62. The van der Waals surface area contributed by atoms with E-state index in [2.05, 4.69) is 11.4 Å². The lowest BCUT2D eigenvalue weighted by Gasteiger charge is -2.43. The average molecular weight is 430 g/mol. The maximum Gasteiger partial charge on any atom is 0.410 e. The molecule has 0 spiro atoms. The van der Waals surface area contributed by atoms with E-state index < -0.39 is 35.4 Å². The first-order valence-corrected chi connectivity index (χ1v) is 10.6. The lowest BCUT2D eigenvalue weighted by atomic mass is 9.85. The van der Waals surface area contributed by atoms with Crippen LogP contribution in [0.4, 0.5) is 4.79 Å². The number of likely N-dealkylation sites (tertiary alicyclic amines) is 1. The van der Waals surface area contributed by atoms with Gasteiger partial charge < -0.3 is 24.8 Å². The van der Waals surface area contributed by atoms with Gasteiger partial charge >= 0.3 is 6.09 Å². The van der Waals surface area contributed by atoms with E-state index >= 15 is 0 Å². The monoisotopic (exact) mass is 429 g/mol. The van der Waals surface area contributed by atoms with Crippen molar-refractivity contribution in [3.05, 3.63) is 29.3 Å². The molecule has 168 valence electrons. The number of aliphatic hydroxyl groups is 1. The van der Waals surface area contributed by atoms with Crippen LogP contribution in [0.25, 0.3) is 0 Å². The van der Waals surface area contributed by atoms with Crippen LogP contribution in [0.2, 0.25) is 0 Å². The number of amides is 2. The molecule has 2 aliphatic rings. The summed E-state index contributed by atoms with van der Waals surface area (Å²) < 4.78 is 11.3. The van der Waals surface area contributed by atoms with Gasteiger partial charge in [0.05, 0.1) is 23.6 Å². The Balaban J connectivity index is 1.77. The molecule has 0 aromatic heterocycles. The molecule has 1 fully saturated rings. The second-order valence-electron chi connectivity index (χ2n) is 9.77. The highest BCUT2D eigenvalue weighted by Crippen LogP contribution is 2.40. The van der Waals surface area contributed by atoms with Crippen molar-refractivity contribution in [2.24, 2.45) is 5.92 Å². The molecular weight excluding hydrogens is 398 g/mol. The van der Waals surface area contributed by atoms with Crippen LogP contribution >= 0.6 is 0 Å². The van der Waals surface area contributed by atoms with Gasteiger partial charge in [0.2, 0.25) is 5.91 Å². The van der Waals surface area contributed by atoms with Gasteiger partial charge in [0.1, 0.15) is 23.1 Å². The van der Waals surface area contributed by atoms with Crippen LogP contribution in [0.1, 0.15) is 64.6 Å². The predicted octanol–water partition coefficient (Wildman–Crippen LogP) is 2.89. The number of piperidine rings is 1. The highest BCUT2D eigenvalue weighted by atomic mass is 16.6. The fourth-order valence-corrected chi connectivity index (χ4v) is 3.98. The molecule has 0 saturated carbocycles. The molecule has 2 N–H and O–H groups in total. The van der Waals surface area contributed by atoms with E-state index in [1.165, 1.54) is 0 Å². The van der Waals surface area contributed by atoms with E-state index in [4.69, 9.17) is 9.47 Å². The standard InChI is InChI=1S/C23H31N3O5/c1-22(2,3)31-21(29)26-10-6-7-15(13-26)20(28)25-18-16-11-14(12-24)8-9-17(16)30-23(4,5)19(18)27/h8-9,11,15,18-19,27H,6-7,10,13H2,1-5H3,(H,25,28)/t15?,18-,19+/m1/s1. The number of fused-ring (bicyclic) bond motifs is 1. The molecule has 2 heterocycles. The van der Waals surface area contributed by atoms with Gasteiger partial charge in [0.25, 0.3) is 0 Å². The van der Waals surface area contributed by atoms with E-state index in [0.29, 0.717) is 36.3 Å². The van der Waals surface area contributed by atoms with E-state index in [1.54, 1.807) is 57.7 Å². The van der Waals surface area contributed by atoms with E-state index in [-0.39, 0.29) is 12.5 Å². The number of nitrogens with one attached hydrogen (secondary N) is 1. The number of benzene rings is 1. The van der Waals surface area contributed by atoms with Crippen LogP contribution in [0.5, 0.6) is 5.75 Å². The molecule has 0 radical (unpaired) electrons. The summed E-state index contributed by atoms with van der Waals surface area (Å²) in [5.41, 5.74) is -0.540. The third kappa shape index (κ3) is 5.10. The van der Waals surface area contributed by atoms with Crippen molar-refractivity contribution in [1.29, 1.82) is 5.26 Å². The number of nitrogens with zero attached hydrogens (tertiary/aromatic N) is 2. The van der Waals surface area contributed by atoms with Crippen LogP contribution in [-0.4, -0.2) is 52.4 Å². The number of hydrogen-bond acceptors (Lipinski definition) is 6. The molecule has 31 heavy (non-hydrogen) atoms. The van der Waals surface area contributed by atoms with Gasteiger partial charge in [-0.05, 0) is 65.7 Å². The van der Waals surface area contributed by atoms with Crippen molar-refractivity contribution < 1.29 is 24.2 Å². The summed E-state index contributed by atoms with van der Waals surface area (Å²) in [7, 11) is 0. The summed E-state index contributed by atoms with van der Waals surface area (Å²) in [6, 6.07) is 6.32. The van der Waals surface area contributed by atoms with Crippen molar-refractivity contribution in [1.82, 2.24) is 10.2 Å². The van der Waals surface area contributed by atoms with Crippen molar-refractivity contribution in [3.63, 3.8) is 0 Å². The number of nitriles is 1. The lowest BCUT2D eigenvalue weighted by molar-refractivity contribution is -0.131. The number of ether oxygens (including phenoxy) is 2. The second-order valence-corrected chi connectivity index (χ2v) is 9.77. The Bertz CT molecular complexity index is 899. The molecule has 3 rings (SSSR count). The van der Waals surface area contributed by atoms with Crippen molar-refractivity contribution in [2.45, 2.75) is 70.8 Å². The summed E-state index contributed by atoms with van der Waals surface area (Å²) in [5.74, 6) is -0.135. The Morgan fingerprint density at radius 3 is 2.71 bits per heavy atom. The van der Waals surface area contributed by atoms with E-state index in [0.717, 1.165) is 0 Å². The Morgan fingerprint density at radius 1 is 1.35 bits per heavy atom. The topological polar surface area (TPSA) is 112 Å². The Labute approximate surface area is 183 Å². The van der Waals surface area contributed by atoms with Crippen LogP contribution < -0.4 is 10.1 Å². The lowest BCUT2D eigenvalue weighted by Crippen LogP contribution is -2.55. The summed E-state index contributed by atoms with van der Waals surface area (Å²) in [6.07, 6.45) is -0.113. The molecular formula is C23H31N3O5.